The highest BCUT2D eigenvalue weighted by Gasteiger charge is 2.60. The van der Waals surface area contributed by atoms with E-state index in [0.717, 1.165) is 18.7 Å². The Kier molecular flexibility index (Phi) is 2.19. The van der Waals surface area contributed by atoms with Crippen molar-refractivity contribution in [3.8, 4) is 5.75 Å². The molecular weight excluding hydrogens is 282 g/mol. The predicted octanol–water partition coefficient (Wildman–Crippen LogP) is 2.79. The molecule has 1 spiro atoms. The van der Waals surface area contributed by atoms with Crippen LogP contribution in [-0.2, 0) is 16.8 Å². The average molecular weight is 297 g/mol. The summed E-state index contributed by atoms with van der Waals surface area (Å²) < 4.78 is 5.95. The molecule has 1 saturated heterocycles. The largest absolute Gasteiger partial charge is 0.493 e. The van der Waals surface area contributed by atoms with Gasteiger partial charge in [0.25, 0.3) is 0 Å². The molecule has 106 valence electrons. The van der Waals surface area contributed by atoms with Gasteiger partial charge in [-0.05, 0) is 29.5 Å². The van der Waals surface area contributed by atoms with Crippen LogP contribution in [0.1, 0.15) is 22.4 Å². The van der Waals surface area contributed by atoms with Crippen molar-refractivity contribution in [3.63, 3.8) is 0 Å². The molecule has 1 amide bonds. The van der Waals surface area contributed by atoms with Crippen LogP contribution in [0.3, 0.4) is 0 Å². The van der Waals surface area contributed by atoms with E-state index >= 15 is 0 Å². The second-order valence-electron chi connectivity index (χ2n) is 6.03. The van der Waals surface area contributed by atoms with E-state index in [1.165, 1.54) is 16.0 Å². The van der Waals surface area contributed by atoms with Crippen LogP contribution in [0.5, 0.6) is 5.75 Å². The normalized spacial score (nSPS) is 29.2. The second-order valence-corrected chi connectivity index (χ2v) is 7.03. The molecule has 1 fully saturated rings. The molecular formula is C17H15NO2S. The van der Waals surface area contributed by atoms with Gasteiger partial charge >= 0.3 is 0 Å². The van der Waals surface area contributed by atoms with Crippen molar-refractivity contribution in [1.82, 2.24) is 4.90 Å². The summed E-state index contributed by atoms with van der Waals surface area (Å²) in [6.07, 6.45) is 1.58. The number of ether oxygens (including phenoxy) is 1. The summed E-state index contributed by atoms with van der Waals surface area (Å²) in [5, 5.41) is 2.17. The van der Waals surface area contributed by atoms with Gasteiger partial charge in [0.1, 0.15) is 11.3 Å². The molecule has 4 heteroatoms. The number of amides is 1. The highest BCUT2D eigenvalue weighted by molar-refractivity contribution is 7.10. The van der Waals surface area contributed by atoms with E-state index < -0.39 is 0 Å². The molecule has 2 aromatic rings. The first-order chi connectivity index (χ1) is 10.3. The van der Waals surface area contributed by atoms with Crippen molar-refractivity contribution in [3.05, 3.63) is 51.7 Å². The van der Waals surface area contributed by atoms with Gasteiger partial charge in [-0.3, -0.25) is 4.79 Å². The van der Waals surface area contributed by atoms with Crippen LogP contribution < -0.4 is 4.74 Å². The fraction of sp³-hybridized carbons (Fsp3) is 0.353. The van der Waals surface area contributed by atoms with Gasteiger partial charge in [-0.25, -0.2) is 0 Å². The van der Waals surface area contributed by atoms with Gasteiger partial charge in [0.2, 0.25) is 5.91 Å². The van der Waals surface area contributed by atoms with Gasteiger partial charge in [0, 0.05) is 29.3 Å². The molecule has 2 unspecified atom stereocenters. The molecule has 2 atom stereocenters. The third-order valence-corrected chi connectivity index (χ3v) is 6.18. The molecule has 3 aliphatic rings. The fourth-order valence-corrected chi connectivity index (χ4v) is 5.36. The standard InChI is InChI=1S/C17H15NO2S/c19-16-9-11-10-20-14-4-2-1-3-12(14)17(11)13-6-8-21-15(13)5-7-18(16)17/h1-4,6,8,11H,5,7,9-10H2. The van der Waals surface area contributed by atoms with Gasteiger partial charge < -0.3 is 9.64 Å². The highest BCUT2D eigenvalue weighted by atomic mass is 32.1. The van der Waals surface area contributed by atoms with Crippen LogP contribution in [0.25, 0.3) is 0 Å². The van der Waals surface area contributed by atoms with E-state index in [4.69, 9.17) is 4.74 Å². The fourth-order valence-electron chi connectivity index (χ4n) is 4.43. The van der Waals surface area contributed by atoms with Crippen LogP contribution in [0.4, 0.5) is 0 Å². The molecule has 4 heterocycles. The zero-order valence-electron chi connectivity index (χ0n) is 11.5. The van der Waals surface area contributed by atoms with Crippen molar-refractivity contribution in [2.75, 3.05) is 13.2 Å². The van der Waals surface area contributed by atoms with E-state index in [1.807, 2.05) is 23.5 Å². The van der Waals surface area contributed by atoms with Crippen LogP contribution in [-0.4, -0.2) is 24.0 Å². The monoisotopic (exact) mass is 297 g/mol. The maximum absolute atomic E-state index is 12.6. The summed E-state index contributed by atoms with van der Waals surface area (Å²) >= 11 is 1.82. The lowest BCUT2D eigenvalue weighted by Gasteiger charge is -2.48. The molecule has 0 saturated carbocycles. The van der Waals surface area contributed by atoms with E-state index in [2.05, 4.69) is 28.5 Å². The first-order valence-corrected chi connectivity index (χ1v) is 8.29. The second kappa shape index (κ2) is 3.89. The summed E-state index contributed by atoms with van der Waals surface area (Å²) in [6.45, 7) is 1.46. The van der Waals surface area contributed by atoms with Crippen LogP contribution in [0.2, 0.25) is 0 Å². The number of hydrogen-bond donors (Lipinski definition) is 0. The summed E-state index contributed by atoms with van der Waals surface area (Å²) in [4.78, 5) is 16.1. The number of thiophene rings is 1. The average Bonchev–Trinajstić information content (AvgIpc) is 3.09. The van der Waals surface area contributed by atoms with Crippen LogP contribution in [0, 0.1) is 5.92 Å². The molecule has 5 rings (SSSR count). The van der Waals surface area contributed by atoms with E-state index in [-0.39, 0.29) is 17.4 Å². The molecule has 0 N–H and O–H groups in total. The van der Waals surface area contributed by atoms with Crippen molar-refractivity contribution in [2.24, 2.45) is 5.92 Å². The Morgan fingerprint density at radius 2 is 2.14 bits per heavy atom. The zero-order valence-corrected chi connectivity index (χ0v) is 12.4. The van der Waals surface area contributed by atoms with Crippen LogP contribution in [0.15, 0.2) is 35.7 Å². The highest BCUT2D eigenvalue weighted by Crippen LogP contribution is 2.57. The van der Waals surface area contributed by atoms with Gasteiger partial charge in [0.05, 0.1) is 6.61 Å². The topological polar surface area (TPSA) is 29.5 Å². The molecule has 21 heavy (non-hydrogen) atoms. The first kappa shape index (κ1) is 11.8. The lowest BCUT2D eigenvalue weighted by atomic mass is 9.70. The minimum atomic E-state index is -0.278. The number of hydrogen-bond acceptors (Lipinski definition) is 3. The Balaban J connectivity index is 1.88. The maximum atomic E-state index is 12.6. The van der Waals surface area contributed by atoms with E-state index in [0.29, 0.717) is 13.0 Å². The Hall–Kier alpha value is -1.81. The molecule has 0 bridgehead atoms. The number of carbonyl (C=O) groups is 1. The van der Waals surface area contributed by atoms with E-state index in [9.17, 15) is 4.79 Å². The van der Waals surface area contributed by atoms with Crippen molar-refractivity contribution in [2.45, 2.75) is 18.4 Å². The smallest absolute Gasteiger partial charge is 0.224 e. The lowest BCUT2D eigenvalue weighted by Crippen LogP contribution is -2.53. The predicted molar refractivity (Wildman–Crippen MR) is 80.6 cm³/mol. The van der Waals surface area contributed by atoms with Crippen molar-refractivity contribution in [1.29, 1.82) is 0 Å². The first-order valence-electron chi connectivity index (χ1n) is 7.41. The molecule has 3 aliphatic heterocycles. The van der Waals surface area contributed by atoms with Gasteiger partial charge in [-0.1, -0.05) is 18.2 Å². The summed E-state index contributed by atoms with van der Waals surface area (Å²) in [5.41, 5.74) is 2.23. The Morgan fingerprint density at radius 1 is 1.24 bits per heavy atom. The van der Waals surface area contributed by atoms with Crippen molar-refractivity contribution < 1.29 is 9.53 Å². The Morgan fingerprint density at radius 3 is 3.10 bits per heavy atom. The minimum absolute atomic E-state index is 0.230. The third kappa shape index (κ3) is 1.27. The van der Waals surface area contributed by atoms with Gasteiger partial charge in [-0.2, -0.15) is 0 Å². The van der Waals surface area contributed by atoms with Gasteiger partial charge in [-0.15, -0.1) is 11.3 Å². The number of fused-ring (bicyclic) bond motifs is 2. The molecule has 1 aromatic heterocycles. The summed E-state index contributed by atoms with van der Waals surface area (Å²) in [7, 11) is 0. The zero-order chi connectivity index (χ0) is 14.0. The number of nitrogens with zero attached hydrogens (tertiary/aromatic N) is 1. The minimum Gasteiger partial charge on any atom is -0.493 e. The van der Waals surface area contributed by atoms with Crippen molar-refractivity contribution >= 4 is 17.2 Å². The van der Waals surface area contributed by atoms with E-state index in [1.54, 1.807) is 0 Å². The number of para-hydroxylation sites is 1. The Labute approximate surface area is 127 Å². The lowest BCUT2D eigenvalue weighted by molar-refractivity contribution is -0.131. The quantitative estimate of drug-likeness (QED) is 0.748. The molecule has 3 nitrogen and oxygen atoms in total. The summed E-state index contributed by atoms with van der Waals surface area (Å²) in [6, 6.07) is 10.5. The molecule has 1 aromatic carbocycles. The van der Waals surface area contributed by atoms with Crippen LogP contribution >= 0.6 is 11.3 Å². The molecule has 0 radical (unpaired) electrons. The summed E-state index contributed by atoms with van der Waals surface area (Å²) in [5.74, 6) is 1.44. The Bertz CT molecular complexity index is 753. The molecule has 0 aliphatic carbocycles. The van der Waals surface area contributed by atoms with Gasteiger partial charge in [0.15, 0.2) is 0 Å². The number of rotatable bonds is 0. The maximum Gasteiger partial charge on any atom is 0.224 e. The third-order valence-electron chi connectivity index (χ3n) is 5.19. The SMILES string of the molecule is O=C1CC2COc3ccccc3C23c2ccsc2CCN13. The number of benzene rings is 1. The number of carbonyl (C=O) groups excluding carboxylic acids is 1.